The third-order valence-corrected chi connectivity index (χ3v) is 6.71. The fourth-order valence-electron chi connectivity index (χ4n) is 3.31. The maximum Gasteiger partial charge on any atom is 0.267 e. The Hall–Kier alpha value is -3.30. The summed E-state index contributed by atoms with van der Waals surface area (Å²) < 4.78 is 34.5. The highest BCUT2D eigenvalue weighted by Gasteiger charge is 2.24. The van der Waals surface area contributed by atoms with Crippen LogP contribution in [0.3, 0.4) is 0 Å². The van der Waals surface area contributed by atoms with Crippen LogP contribution in [-0.4, -0.2) is 36.1 Å². The first-order chi connectivity index (χ1) is 14.3. The van der Waals surface area contributed by atoms with E-state index in [4.69, 9.17) is 10.1 Å². The van der Waals surface area contributed by atoms with Crippen LogP contribution in [0, 0.1) is 12.3 Å². The molecule has 4 aromatic rings. The van der Waals surface area contributed by atoms with E-state index in [1.807, 2.05) is 6.92 Å². The lowest BCUT2D eigenvalue weighted by Crippen LogP contribution is -2.31. The second kappa shape index (κ2) is 7.51. The first kappa shape index (κ1) is 20.0. The van der Waals surface area contributed by atoms with Crippen molar-refractivity contribution in [3.63, 3.8) is 0 Å². The summed E-state index contributed by atoms with van der Waals surface area (Å²) in [6, 6.07) is 12.8. The molecular weight excluding hydrogens is 404 g/mol. The van der Waals surface area contributed by atoms with Crippen molar-refractivity contribution in [2.45, 2.75) is 23.3 Å². The van der Waals surface area contributed by atoms with Crippen LogP contribution in [0.4, 0.5) is 0 Å². The lowest BCUT2D eigenvalue weighted by molar-refractivity contribution is 0.186. The van der Waals surface area contributed by atoms with Gasteiger partial charge in [-0.2, -0.15) is 0 Å². The molecule has 0 fully saturated rings. The first-order valence-electron chi connectivity index (χ1n) is 9.25. The molecule has 1 N–H and O–H groups in total. The van der Waals surface area contributed by atoms with Gasteiger partial charge >= 0.3 is 0 Å². The van der Waals surface area contributed by atoms with Crippen molar-refractivity contribution in [2.75, 3.05) is 13.7 Å². The lowest BCUT2D eigenvalue weighted by Gasteiger charge is -2.15. The van der Waals surface area contributed by atoms with Gasteiger partial charge in [-0.05, 0) is 37.3 Å². The average molecular weight is 424 g/mol. The van der Waals surface area contributed by atoms with Gasteiger partial charge < -0.3 is 9.30 Å². The summed E-state index contributed by atoms with van der Waals surface area (Å²) in [5, 5.41) is 8.73. The van der Waals surface area contributed by atoms with Gasteiger partial charge in [0.05, 0.1) is 16.9 Å². The number of benzene rings is 1. The molecule has 0 saturated heterocycles. The molecule has 0 saturated carbocycles. The SMILES string of the molecule is COCCn1c(=N)c(S(=O)(=O)c2ccc(C)cc2)cc2c(=O)n3ccccc3nc21. The molecule has 9 heteroatoms. The number of sulfone groups is 1. The first-order valence-corrected chi connectivity index (χ1v) is 10.7. The van der Waals surface area contributed by atoms with E-state index >= 15 is 0 Å². The fourth-order valence-corrected chi connectivity index (χ4v) is 4.70. The van der Waals surface area contributed by atoms with Crippen molar-refractivity contribution in [1.82, 2.24) is 14.0 Å². The Labute approximate surface area is 172 Å². The summed E-state index contributed by atoms with van der Waals surface area (Å²) >= 11 is 0. The Morgan fingerprint density at radius 1 is 1.13 bits per heavy atom. The van der Waals surface area contributed by atoms with Crippen molar-refractivity contribution in [2.24, 2.45) is 0 Å². The summed E-state index contributed by atoms with van der Waals surface area (Å²) in [4.78, 5) is 17.4. The average Bonchev–Trinajstić information content (AvgIpc) is 2.73. The van der Waals surface area contributed by atoms with E-state index in [1.54, 1.807) is 36.5 Å². The summed E-state index contributed by atoms with van der Waals surface area (Å²) in [5.41, 5.74) is 0.933. The second-order valence-corrected chi connectivity index (χ2v) is 8.82. The summed E-state index contributed by atoms with van der Waals surface area (Å²) in [6.45, 7) is 2.27. The number of fused-ring (bicyclic) bond motifs is 2. The van der Waals surface area contributed by atoms with Gasteiger partial charge in [-0.3, -0.25) is 14.6 Å². The molecule has 0 aliphatic heterocycles. The number of nitrogens with zero attached hydrogens (tertiary/aromatic N) is 3. The van der Waals surface area contributed by atoms with Crippen LogP contribution in [0.5, 0.6) is 0 Å². The number of hydrogen-bond acceptors (Lipinski definition) is 6. The van der Waals surface area contributed by atoms with Crippen molar-refractivity contribution >= 4 is 26.5 Å². The van der Waals surface area contributed by atoms with Crippen molar-refractivity contribution in [3.8, 4) is 0 Å². The monoisotopic (exact) mass is 424 g/mol. The summed E-state index contributed by atoms with van der Waals surface area (Å²) in [5.74, 6) is 0. The smallest absolute Gasteiger partial charge is 0.267 e. The van der Waals surface area contributed by atoms with Gasteiger partial charge in [0.2, 0.25) is 9.84 Å². The Morgan fingerprint density at radius 3 is 2.57 bits per heavy atom. The standard InChI is InChI=1S/C21H20N4O4S/c1-14-6-8-15(9-7-14)30(27,28)17-13-16-20(25(19(17)22)11-12-29-2)23-18-5-3-4-10-24(18)21(16)26/h3-10,13,22H,11-12H2,1-2H3. The number of aromatic nitrogens is 3. The predicted molar refractivity (Wildman–Crippen MR) is 111 cm³/mol. The highest BCUT2D eigenvalue weighted by molar-refractivity contribution is 7.91. The molecular formula is C21H20N4O4S. The number of rotatable bonds is 5. The second-order valence-electron chi connectivity index (χ2n) is 6.90. The minimum atomic E-state index is -4.02. The molecule has 0 spiro atoms. The zero-order valence-electron chi connectivity index (χ0n) is 16.5. The van der Waals surface area contributed by atoms with E-state index in [0.717, 1.165) is 5.56 Å². The normalized spacial score (nSPS) is 11.9. The van der Waals surface area contributed by atoms with Crippen LogP contribution in [0.15, 0.2) is 69.3 Å². The molecule has 0 radical (unpaired) electrons. The highest BCUT2D eigenvalue weighted by atomic mass is 32.2. The zero-order valence-corrected chi connectivity index (χ0v) is 17.3. The van der Waals surface area contributed by atoms with E-state index in [9.17, 15) is 13.2 Å². The third-order valence-electron chi connectivity index (χ3n) is 4.92. The molecule has 0 aliphatic carbocycles. The number of methoxy groups -OCH3 is 1. The quantitative estimate of drug-likeness (QED) is 0.493. The van der Waals surface area contributed by atoms with Gasteiger partial charge in [-0.1, -0.05) is 23.8 Å². The molecule has 0 atom stereocenters. The number of hydrogen-bond donors (Lipinski definition) is 1. The molecule has 0 unspecified atom stereocenters. The van der Waals surface area contributed by atoms with Crippen LogP contribution in [0.25, 0.3) is 16.7 Å². The maximum atomic E-state index is 13.3. The molecule has 154 valence electrons. The van der Waals surface area contributed by atoms with Crippen LogP contribution < -0.4 is 11.0 Å². The number of nitrogens with one attached hydrogen (secondary N) is 1. The maximum absolute atomic E-state index is 13.3. The number of pyridine rings is 2. The minimum Gasteiger partial charge on any atom is -0.383 e. The third kappa shape index (κ3) is 3.21. The summed E-state index contributed by atoms with van der Waals surface area (Å²) in [6.07, 6.45) is 1.58. The van der Waals surface area contributed by atoms with Crippen molar-refractivity contribution in [3.05, 3.63) is 76.1 Å². The molecule has 3 aromatic heterocycles. The minimum absolute atomic E-state index is 0.0630. The largest absolute Gasteiger partial charge is 0.383 e. The number of aryl methyl sites for hydroxylation is 1. The molecule has 0 amide bonds. The lowest BCUT2D eigenvalue weighted by atomic mass is 10.2. The van der Waals surface area contributed by atoms with E-state index in [2.05, 4.69) is 4.98 Å². The molecule has 0 bridgehead atoms. The van der Waals surface area contributed by atoms with Crippen LogP contribution in [0.2, 0.25) is 0 Å². The Morgan fingerprint density at radius 2 is 1.87 bits per heavy atom. The summed E-state index contributed by atoms with van der Waals surface area (Å²) in [7, 11) is -2.51. The molecule has 3 heterocycles. The van der Waals surface area contributed by atoms with E-state index in [1.165, 1.54) is 34.3 Å². The Bertz CT molecular complexity index is 1490. The van der Waals surface area contributed by atoms with Gasteiger partial charge in [0.1, 0.15) is 21.7 Å². The molecule has 30 heavy (non-hydrogen) atoms. The fraction of sp³-hybridized carbons (Fsp3) is 0.190. The Kier molecular flexibility index (Phi) is 5.00. The van der Waals surface area contributed by atoms with Gasteiger partial charge in [0, 0.05) is 19.9 Å². The number of ether oxygens (including phenoxy) is 1. The Balaban J connectivity index is 2.10. The van der Waals surface area contributed by atoms with Crippen molar-refractivity contribution < 1.29 is 13.2 Å². The predicted octanol–water partition coefficient (Wildman–Crippen LogP) is 1.92. The van der Waals surface area contributed by atoms with Crippen molar-refractivity contribution in [1.29, 1.82) is 5.41 Å². The van der Waals surface area contributed by atoms with Gasteiger partial charge in [0.25, 0.3) is 5.56 Å². The van der Waals surface area contributed by atoms with Gasteiger partial charge in [-0.25, -0.2) is 13.4 Å². The van der Waals surface area contributed by atoms with E-state index < -0.39 is 15.4 Å². The van der Waals surface area contributed by atoms with Gasteiger partial charge in [0.15, 0.2) is 0 Å². The van der Waals surface area contributed by atoms with Gasteiger partial charge in [-0.15, -0.1) is 0 Å². The van der Waals surface area contributed by atoms with Crippen LogP contribution in [0.1, 0.15) is 5.56 Å². The zero-order chi connectivity index (χ0) is 21.5. The molecule has 8 nitrogen and oxygen atoms in total. The van der Waals surface area contributed by atoms with Crippen LogP contribution >= 0.6 is 0 Å². The van der Waals surface area contributed by atoms with Crippen LogP contribution in [-0.2, 0) is 21.1 Å². The molecule has 0 aliphatic rings. The molecule has 1 aromatic carbocycles. The molecule has 4 rings (SSSR count). The van der Waals surface area contributed by atoms with E-state index in [0.29, 0.717) is 5.65 Å². The topological polar surface area (TPSA) is 107 Å². The highest BCUT2D eigenvalue weighted by Crippen LogP contribution is 2.21. The van der Waals surface area contributed by atoms with E-state index in [-0.39, 0.29) is 39.5 Å².